The van der Waals surface area contributed by atoms with Gasteiger partial charge in [0.05, 0.1) is 0 Å². The van der Waals surface area contributed by atoms with Gasteiger partial charge in [0, 0.05) is 54.1 Å². The highest BCUT2D eigenvalue weighted by atomic mass is 16.6. The zero-order chi connectivity index (χ0) is 59.1. The number of hydrogen-bond donors (Lipinski definition) is 0. The van der Waals surface area contributed by atoms with Crippen molar-refractivity contribution in [2.75, 3.05) is 54.4 Å². The van der Waals surface area contributed by atoms with E-state index in [1.54, 1.807) is 0 Å². The molecule has 0 spiro atoms. The Bertz CT molecular complexity index is 2220. The SMILES string of the molecule is CC(C)C[C@H]1C(=O)O[C@H](Cc2ccc(CN3CCCC3)cc2)C(=O)N(C)[C@@H](CC(C)C)C(=O)O[C@H](C)C(=O)N(C)[C@@H](CC(C)C)C(=O)O[C@H](Cc2ccc(CN3CCCC3)cc2)C(=O)N(C)[C@@H](CC(C)C)C(=O)O[C@H](C)C(=O)N1C. The Labute approximate surface area is 476 Å². The number of nitrogens with zero attached hydrogens (tertiary/aromatic N) is 6. The van der Waals surface area contributed by atoms with Crippen molar-refractivity contribution in [3.63, 3.8) is 0 Å². The third-order valence-electron chi connectivity index (χ3n) is 15.6. The molecule has 8 atom stereocenters. The van der Waals surface area contributed by atoms with Crippen molar-refractivity contribution in [2.24, 2.45) is 23.7 Å². The molecule has 0 unspecified atom stereocenters. The molecule has 3 heterocycles. The van der Waals surface area contributed by atoms with Crippen LogP contribution in [0.2, 0.25) is 0 Å². The Morgan fingerprint density at radius 1 is 0.375 bits per heavy atom. The molecule has 0 bridgehead atoms. The van der Waals surface area contributed by atoms with Crippen LogP contribution in [0.5, 0.6) is 0 Å². The van der Waals surface area contributed by atoms with E-state index in [-0.39, 0.29) is 62.2 Å². The minimum Gasteiger partial charge on any atom is -0.451 e. The number of rotatable bonds is 16. The first-order valence-corrected chi connectivity index (χ1v) is 29.2. The van der Waals surface area contributed by atoms with E-state index in [1.165, 1.54) is 51.8 Å². The Hall–Kier alpha value is -5.88. The maximum atomic E-state index is 15.0. The van der Waals surface area contributed by atoms with Crippen LogP contribution in [0.4, 0.5) is 0 Å². The third-order valence-corrected chi connectivity index (χ3v) is 15.6. The summed E-state index contributed by atoms with van der Waals surface area (Å²) in [4.78, 5) is 127. The van der Waals surface area contributed by atoms with Gasteiger partial charge in [0.2, 0.25) is 0 Å². The minimum atomic E-state index is -1.49. The van der Waals surface area contributed by atoms with Crippen LogP contribution in [-0.4, -0.2) is 180 Å². The topological polar surface area (TPSA) is 193 Å². The quantitative estimate of drug-likeness (QED) is 0.125. The summed E-state index contributed by atoms with van der Waals surface area (Å²) < 4.78 is 24.3. The van der Waals surface area contributed by atoms with Gasteiger partial charge in [-0.2, -0.15) is 0 Å². The third kappa shape index (κ3) is 18.6. The summed E-state index contributed by atoms with van der Waals surface area (Å²) in [7, 11) is 5.67. The van der Waals surface area contributed by atoms with E-state index in [2.05, 4.69) is 9.80 Å². The molecule has 3 saturated heterocycles. The summed E-state index contributed by atoms with van der Waals surface area (Å²) in [6, 6.07) is 10.4. The molecule has 0 aliphatic carbocycles. The average molecular weight is 1120 g/mol. The number of esters is 4. The second-order valence-electron chi connectivity index (χ2n) is 24.4. The van der Waals surface area contributed by atoms with Crippen molar-refractivity contribution in [1.82, 2.24) is 29.4 Å². The van der Waals surface area contributed by atoms with Crippen molar-refractivity contribution < 1.29 is 57.3 Å². The molecule has 80 heavy (non-hydrogen) atoms. The fraction of sp³-hybridized carbons (Fsp3) is 0.677. The average Bonchev–Trinajstić information content (AvgIpc) is 4.14. The number of likely N-dealkylation sites (tertiary alicyclic amines) is 2. The number of benzene rings is 2. The summed E-state index contributed by atoms with van der Waals surface area (Å²) in [5.74, 6) is -7.07. The maximum absolute atomic E-state index is 15.0. The van der Waals surface area contributed by atoms with Crippen LogP contribution < -0.4 is 0 Å². The number of amides is 4. The van der Waals surface area contributed by atoms with Crippen LogP contribution in [0, 0.1) is 23.7 Å². The van der Waals surface area contributed by atoms with Gasteiger partial charge in [0.1, 0.15) is 24.2 Å². The highest BCUT2D eigenvalue weighted by Gasteiger charge is 2.43. The molecule has 0 N–H and O–H groups in total. The van der Waals surface area contributed by atoms with Gasteiger partial charge < -0.3 is 38.5 Å². The monoisotopic (exact) mass is 1110 g/mol. The number of cyclic esters (lactones) is 4. The lowest BCUT2D eigenvalue weighted by Gasteiger charge is -2.35. The van der Waals surface area contributed by atoms with Gasteiger partial charge in [-0.3, -0.25) is 29.0 Å². The van der Waals surface area contributed by atoms with E-state index in [0.717, 1.165) is 85.9 Å². The summed E-state index contributed by atoms with van der Waals surface area (Å²) in [5, 5.41) is 0. The Kier molecular flexibility index (Phi) is 24.6. The molecule has 0 aromatic heterocycles. The van der Waals surface area contributed by atoms with Crippen LogP contribution >= 0.6 is 0 Å². The van der Waals surface area contributed by atoms with Gasteiger partial charge in [-0.15, -0.1) is 0 Å². The summed E-state index contributed by atoms with van der Waals surface area (Å²) in [6.45, 7) is 23.3. The van der Waals surface area contributed by atoms with Crippen molar-refractivity contribution in [3.8, 4) is 0 Å². The molecule has 0 radical (unpaired) electrons. The molecular weight excluding hydrogens is 1020 g/mol. The van der Waals surface area contributed by atoms with Crippen LogP contribution in [-0.2, 0) is 83.2 Å². The molecular formula is C62H94N6O12. The van der Waals surface area contributed by atoms with Gasteiger partial charge >= 0.3 is 23.9 Å². The van der Waals surface area contributed by atoms with Gasteiger partial charge in [-0.05, 0) is 137 Å². The number of likely N-dealkylation sites (N-methyl/N-ethyl adjacent to an activating group) is 4. The molecule has 3 aliphatic heterocycles. The molecule has 2 aromatic carbocycles. The van der Waals surface area contributed by atoms with Crippen LogP contribution in [0.3, 0.4) is 0 Å². The highest BCUT2D eigenvalue weighted by molar-refractivity contribution is 5.94. The van der Waals surface area contributed by atoms with Gasteiger partial charge in [0.15, 0.2) is 24.4 Å². The van der Waals surface area contributed by atoms with E-state index >= 15 is 0 Å². The fourth-order valence-electron chi connectivity index (χ4n) is 10.9. The van der Waals surface area contributed by atoms with E-state index < -0.39 is 96.1 Å². The van der Waals surface area contributed by atoms with Crippen molar-refractivity contribution in [3.05, 3.63) is 70.8 Å². The fourth-order valence-corrected chi connectivity index (χ4v) is 10.9. The molecule has 4 amide bonds. The number of ether oxygens (including phenoxy) is 4. The van der Waals surface area contributed by atoms with Gasteiger partial charge in [-0.25, -0.2) is 19.2 Å². The number of hydrogen-bond acceptors (Lipinski definition) is 14. The molecule has 3 aliphatic rings. The molecule has 444 valence electrons. The van der Waals surface area contributed by atoms with E-state index in [1.807, 2.05) is 104 Å². The number of carbonyl (C=O) groups excluding carboxylic acids is 8. The van der Waals surface area contributed by atoms with Crippen LogP contribution in [0.1, 0.15) is 143 Å². The van der Waals surface area contributed by atoms with E-state index in [4.69, 9.17) is 18.9 Å². The zero-order valence-electron chi connectivity index (χ0n) is 50.4. The molecule has 18 nitrogen and oxygen atoms in total. The predicted molar refractivity (Wildman–Crippen MR) is 304 cm³/mol. The smallest absolute Gasteiger partial charge is 0.329 e. The zero-order valence-corrected chi connectivity index (χ0v) is 50.4. The van der Waals surface area contributed by atoms with Crippen molar-refractivity contribution >= 4 is 47.5 Å². The molecule has 3 fully saturated rings. The standard InChI is InChI=1S/C62H94N6O12/c1-39(2)31-49-59(73)77-43(9)55(69)63(11)52(34-42(7)8)62(76)80-54(36-46-21-25-48(26-22-46)38-68-29-17-18-30-68)58(72)66(14)50(32-40(3)4)60(74)78-44(10)56(70)64(12)51(33-41(5)6)61(75)79-53(57(71)65(49)13)35-45-19-23-47(24-20-45)37-67-27-15-16-28-67/h19-26,39-44,49-54H,15-18,27-38H2,1-14H3/t43-,44-,49+,50+,51+,52+,53-,54-/m1/s1. The Morgan fingerprint density at radius 3 is 0.875 bits per heavy atom. The van der Waals surface area contributed by atoms with Crippen molar-refractivity contribution in [2.45, 2.75) is 195 Å². The largest absolute Gasteiger partial charge is 0.451 e. The molecule has 2 aromatic rings. The second kappa shape index (κ2) is 30.3. The molecule has 18 heteroatoms. The second-order valence-corrected chi connectivity index (χ2v) is 24.4. The summed E-state index contributed by atoms with van der Waals surface area (Å²) >= 11 is 0. The Balaban J connectivity index is 1.57. The minimum absolute atomic E-state index is 0.0784. The van der Waals surface area contributed by atoms with Gasteiger partial charge in [0.25, 0.3) is 23.6 Å². The lowest BCUT2D eigenvalue weighted by Crippen LogP contribution is -2.55. The van der Waals surface area contributed by atoms with Crippen LogP contribution in [0.15, 0.2) is 48.5 Å². The van der Waals surface area contributed by atoms with E-state index in [0.29, 0.717) is 11.1 Å². The Morgan fingerprint density at radius 2 is 0.613 bits per heavy atom. The summed E-state index contributed by atoms with van der Waals surface area (Å²) in [5.41, 5.74) is 3.53. The first-order chi connectivity index (χ1) is 37.7. The van der Waals surface area contributed by atoms with Crippen molar-refractivity contribution in [1.29, 1.82) is 0 Å². The maximum Gasteiger partial charge on any atom is 0.329 e. The first-order valence-electron chi connectivity index (χ1n) is 29.2. The molecule has 5 rings (SSSR count). The van der Waals surface area contributed by atoms with E-state index in [9.17, 15) is 38.4 Å². The first kappa shape index (κ1) is 64.9. The lowest BCUT2D eigenvalue weighted by molar-refractivity contribution is -0.176. The van der Waals surface area contributed by atoms with Gasteiger partial charge in [-0.1, -0.05) is 104 Å². The van der Waals surface area contributed by atoms with Crippen LogP contribution in [0.25, 0.3) is 0 Å². The number of carbonyl (C=O) groups is 8. The highest BCUT2D eigenvalue weighted by Crippen LogP contribution is 2.25. The lowest BCUT2D eigenvalue weighted by atomic mass is 9.99. The summed E-state index contributed by atoms with van der Waals surface area (Å²) in [6.07, 6.45) is -1.02. The normalized spacial score (nSPS) is 25.7. The predicted octanol–water partition coefficient (Wildman–Crippen LogP) is 6.86. The molecule has 0 saturated carbocycles.